The van der Waals surface area contributed by atoms with Crippen molar-refractivity contribution in [3.8, 4) is 73.2 Å². The zero-order valence-electron chi connectivity index (χ0n) is 43.4. The number of rotatable bonds is 5. The maximum atomic E-state index is 9.22. The van der Waals surface area contributed by atoms with E-state index in [9.17, 15) is 2.74 Å². The summed E-state index contributed by atoms with van der Waals surface area (Å²) in [6.07, 6.45) is 5.69. The zero-order chi connectivity index (χ0) is 50.0. The van der Waals surface area contributed by atoms with Gasteiger partial charge in [0.25, 0.3) is 6.33 Å². The van der Waals surface area contributed by atoms with Gasteiger partial charge in [-0.3, -0.25) is 4.57 Å². The van der Waals surface area contributed by atoms with Gasteiger partial charge in [-0.25, -0.2) is 4.98 Å². The molecule has 0 saturated heterocycles. The number of aromatic nitrogens is 4. The minimum Gasteiger partial charge on any atom is -0.510 e. The molecule has 0 bridgehead atoms. The summed E-state index contributed by atoms with van der Waals surface area (Å²) in [5.41, 5.74) is 13.1. The molecule has 0 fully saturated rings. The quantitative estimate of drug-likeness (QED) is 0.127. The minimum absolute atomic E-state index is 0. The monoisotopic (exact) mass is 1060 g/mol. The standard InChI is InChI=1S/C62H48N4O.Pt/c1-61(2,3)41-34-35-63-57(36-41)66-54-30-13-12-24-48(54)49-33-32-44(38-56(49)66)67-43-21-14-20-42(37-43)64-39-65-59-51(27-16-29-53(59)62(4,5)6)47-23-11-10-22-46(47)50-26-15-25-45(40-18-8-7-9-19-40)58(50)52-28-17-31-55(64)60(52)65;/h7-36H,1-6H3;/q-2;/i7D,8D,9D,18D,19D;. The molecule has 1 aliphatic heterocycles. The summed E-state index contributed by atoms with van der Waals surface area (Å²) in [6, 6.07) is 54.6. The molecule has 11 aromatic rings. The Morgan fingerprint density at radius 2 is 1.25 bits per heavy atom. The van der Waals surface area contributed by atoms with Crippen LogP contribution in [0.25, 0.3) is 94.5 Å². The third-order valence-electron chi connectivity index (χ3n) is 13.0. The second-order valence-electron chi connectivity index (χ2n) is 19.3. The van der Waals surface area contributed by atoms with Gasteiger partial charge >= 0.3 is 0 Å². The van der Waals surface area contributed by atoms with Gasteiger partial charge in [0.2, 0.25) is 0 Å². The number of para-hydroxylation sites is 3. The molecule has 12 rings (SSSR count). The molecule has 0 atom stereocenters. The average Bonchev–Trinajstić information content (AvgIpc) is 3.94. The normalized spacial score (nSPS) is 13.2. The van der Waals surface area contributed by atoms with E-state index in [1.54, 1.807) is 0 Å². The van der Waals surface area contributed by atoms with Gasteiger partial charge in [-0.1, -0.05) is 174 Å². The fraction of sp³-hybridized carbons (Fsp3) is 0.129. The number of imidazole rings is 1. The molecule has 0 spiro atoms. The SMILES string of the molecule is [2H]c1c([2H])c([2H])c(-c2cccc3c2-c2cccc4c2[n+]([c-]n4-c2[c-]c(Oc4[c-]c5c(cc4)c4ccccc4n5-c4cc(C(C)(C)C)ccn4)ccc2)-c2c(cccc2C(C)(C)C)-c2ccccc2-3)c([2H])c1[2H].[Pt]. The first-order valence-electron chi connectivity index (χ1n) is 25.1. The average molecular weight is 1070 g/mol. The fourth-order valence-electron chi connectivity index (χ4n) is 9.84. The zero-order valence-corrected chi connectivity index (χ0v) is 40.7. The van der Waals surface area contributed by atoms with Crippen molar-refractivity contribution in [2.45, 2.75) is 52.4 Å². The van der Waals surface area contributed by atoms with Crippen LogP contribution in [0.3, 0.4) is 0 Å². The van der Waals surface area contributed by atoms with Crippen LogP contribution in [0.4, 0.5) is 0 Å². The topological polar surface area (TPSA) is 35.9 Å². The summed E-state index contributed by atoms with van der Waals surface area (Å²) in [6.45, 7) is 13.3. The third kappa shape index (κ3) is 7.11. The van der Waals surface area contributed by atoms with Gasteiger partial charge in [-0.15, -0.1) is 29.7 Å². The van der Waals surface area contributed by atoms with E-state index in [0.29, 0.717) is 22.7 Å². The van der Waals surface area contributed by atoms with Crippen molar-refractivity contribution in [2.75, 3.05) is 0 Å². The van der Waals surface area contributed by atoms with Crippen LogP contribution in [0.5, 0.6) is 11.5 Å². The van der Waals surface area contributed by atoms with Crippen LogP contribution >= 0.6 is 0 Å². The Hall–Kier alpha value is -7.33. The molecule has 0 unspecified atom stereocenters. The first-order chi connectivity index (χ1) is 34.6. The van der Waals surface area contributed by atoms with E-state index in [-0.39, 0.29) is 61.6 Å². The third-order valence-corrected chi connectivity index (χ3v) is 13.0. The van der Waals surface area contributed by atoms with Crippen LogP contribution in [-0.4, -0.2) is 14.1 Å². The molecule has 0 amide bonds. The Kier molecular flexibility index (Phi) is 9.14. The minimum atomic E-state index is -0.435. The number of ether oxygens (including phenoxy) is 1. The van der Waals surface area contributed by atoms with Crippen molar-refractivity contribution >= 4 is 32.8 Å². The molecular weight excluding hydrogens is 1010 g/mol. The Bertz CT molecular complexity index is 4040. The molecule has 4 heterocycles. The van der Waals surface area contributed by atoms with Crippen molar-refractivity contribution in [3.63, 3.8) is 0 Å². The molecule has 6 heteroatoms. The van der Waals surface area contributed by atoms with Crippen LogP contribution in [0.15, 0.2) is 182 Å². The summed E-state index contributed by atoms with van der Waals surface area (Å²) in [7, 11) is 0. The van der Waals surface area contributed by atoms with E-state index in [2.05, 4.69) is 154 Å². The summed E-state index contributed by atoms with van der Waals surface area (Å²) in [5, 5.41) is 2.13. The molecule has 0 aliphatic carbocycles. The van der Waals surface area contributed by atoms with Crippen molar-refractivity contribution in [1.29, 1.82) is 0 Å². The Balaban J connectivity index is 0.00000574. The summed E-state index contributed by atoms with van der Waals surface area (Å²) < 4.78 is 57.4. The first kappa shape index (κ1) is 37.7. The van der Waals surface area contributed by atoms with E-state index in [0.717, 1.165) is 83.3 Å². The largest absolute Gasteiger partial charge is 0.510 e. The van der Waals surface area contributed by atoms with Gasteiger partial charge in [0.1, 0.15) is 5.82 Å². The molecule has 8 aromatic carbocycles. The molecule has 334 valence electrons. The van der Waals surface area contributed by atoms with Crippen molar-refractivity contribution in [3.05, 3.63) is 212 Å². The second-order valence-corrected chi connectivity index (χ2v) is 19.3. The van der Waals surface area contributed by atoms with Crippen molar-refractivity contribution in [2.24, 2.45) is 0 Å². The number of nitrogens with zero attached hydrogens (tertiary/aromatic N) is 4. The molecule has 0 N–H and O–H groups in total. The van der Waals surface area contributed by atoms with E-state index in [4.69, 9.17) is 13.8 Å². The number of benzene rings is 8. The van der Waals surface area contributed by atoms with Gasteiger partial charge in [-0.05, 0) is 95.7 Å². The maximum absolute atomic E-state index is 9.22. The van der Waals surface area contributed by atoms with E-state index >= 15 is 0 Å². The maximum Gasteiger partial charge on any atom is 0.268 e. The van der Waals surface area contributed by atoms with Crippen LogP contribution in [0, 0.1) is 18.5 Å². The van der Waals surface area contributed by atoms with Gasteiger partial charge in [0, 0.05) is 44.3 Å². The van der Waals surface area contributed by atoms with E-state index in [1.807, 2.05) is 71.4 Å². The van der Waals surface area contributed by atoms with Crippen molar-refractivity contribution < 1.29 is 37.2 Å². The van der Waals surface area contributed by atoms with Crippen molar-refractivity contribution in [1.82, 2.24) is 14.1 Å². The molecule has 3 aromatic heterocycles. The van der Waals surface area contributed by atoms with Gasteiger partial charge in [0.05, 0.1) is 23.6 Å². The number of pyridine rings is 1. The summed E-state index contributed by atoms with van der Waals surface area (Å²) in [4.78, 5) is 4.86. The van der Waals surface area contributed by atoms with Gasteiger partial charge in [0.15, 0.2) is 0 Å². The van der Waals surface area contributed by atoms with Gasteiger partial charge in [-0.2, -0.15) is 18.2 Å². The Morgan fingerprint density at radius 1 is 0.588 bits per heavy atom. The van der Waals surface area contributed by atoms with Crippen LogP contribution in [0.1, 0.15) is 59.5 Å². The molecule has 1 aliphatic rings. The van der Waals surface area contributed by atoms with E-state index < -0.39 is 6.04 Å². The summed E-state index contributed by atoms with van der Waals surface area (Å²) >= 11 is 0. The number of hydrogen-bond donors (Lipinski definition) is 0. The molecular formula is C62H48N4OPt-2. The van der Waals surface area contributed by atoms with Gasteiger partial charge < -0.3 is 13.9 Å². The molecule has 5 nitrogen and oxygen atoms in total. The van der Waals surface area contributed by atoms with Crippen LogP contribution in [0.2, 0.25) is 0 Å². The predicted molar refractivity (Wildman–Crippen MR) is 273 cm³/mol. The Labute approximate surface area is 419 Å². The predicted octanol–water partition coefficient (Wildman–Crippen LogP) is 15.2. The fourth-order valence-corrected chi connectivity index (χ4v) is 9.84. The number of fused-ring (bicyclic) bond motifs is 10. The number of hydrogen-bond acceptors (Lipinski definition) is 2. The van der Waals surface area contributed by atoms with Crippen LogP contribution < -0.4 is 9.30 Å². The molecule has 0 saturated carbocycles. The van der Waals surface area contributed by atoms with E-state index in [1.165, 1.54) is 5.56 Å². The molecule has 68 heavy (non-hydrogen) atoms. The first-order valence-corrected chi connectivity index (χ1v) is 22.6. The second kappa shape index (κ2) is 16.5. The van der Waals surface area contributed by atoms with Crippen LogP contribution in [-0.2, 0) is 31.9 Å². The smallest absolute Gasteiger partial charge is 0.268 e. The molecule has 0 radical (unpaired) electrons. The Morgan fingerprint density at radius 3 is 2.06 bits per heavy atom. The summed E-state index contributed by atoms with van der Waals surface area (Å²) in [5.74, 6) is 1.81.